The molecule has 0 saturated carbocycles. The molecule has 0 aromatic heterocycles. The van der Waals surface area contributed by atoms with E-state index in [0.717, 1.165) is 15.8 Å². The number of halogens is 1. The fourth-order valence-corrected chi connectivity index (χ4v) is 2.30. The minimum atomic E-state index is -0.610. The van der Waals surface area contributed by atoms with Crippen LogP contribution in [-0.2, 0) is 9.47 Å². The monoisotopic (exact) mass is 286 g/mol. The maximum absolute atomic E-state index is 5.83. The Bertz CT molecular complexity index is 394. The van der Waals surface area contributed by atoms with Gasteiger partial charge in [0.1, 0.15) is 5.75 Å². The molecule has 0 N–H and O–H groups in total. The van der Waals surface area contributed by atoms with E-state index in [4.69, 9.17) is 14.2 Å². The maximum Gasteiger partial charge on any atom is 0.210 e. The summed E-state index contributed by atoms with van der Waals surface area (Å²) in [5, 5.41) is 0. The number of ether oxygens (including phenoxy) is 3. The Morgan fingerprint density at radius 3 is 2.81 bits per heavy atom. The van der Waals surface area contributed by atoms with Crippen molar-refractivity contribution in [2.75, 3.05) is 14.2 Å². The molecule has 1 heterocycles. The maximum atomic E-state index is 5.83. The quantitative estimate of drug-likeness (QED) is 0.835. The minimum absolute atomic E-state index is 0.00574. The lowest BCUT2D eigenvalue weighted by Crippen LogP contribution is -2.40. The lowest BCUT2D eigenvalue weighted by atomic mass is 9.97. The van der Waals surface area contributed by atoms with Gasteiger partial charge in [0.2, 0.25) is 5.79 Å². The van der Waals surface area contributed by atoms with Gasteiger partial charge in [-0.25, -0.2) is 0 Å². The fraction of sp³-hybridized carbons (Fsp3) is 0.500. The van der Waals surface area contributed by atoms with Crippen molar-refractivity contribution in [2.45, 2.75) is 25.2 Å². The number of methoxy groups -OCH3 is 2. The first-order chi connectivity index (χ1) is 7.58. The van der Waals surface area contributed by atoms with Gasteiger partial charge in [-0.1, -0.05) is 15.9 Å². The molecular weight excluding hydrogens is 272 g/mol. The van der Waals surface area contributed by atoms with Crippen molar-refractivity contribution in [1.82, 2.24) is 0 Å². The largest absolute Gasteiger partial charge is 0.462 e. The summed E-state index contributed by atoms with van der Waals surface area (Å²) in [6.45, 7) is 1.92. The fourth-order valence-electron chi connectivity index (χ4n) is 1.92. The van der Waals surface area contributed by atoms with E-state index in [1.165, 1.54) is 0 Å². The van der Waals surface area contributed by atoms with Crippen LogP contribution in [0.25, 0.3) is 0 Å². The topological polar surface area (TPSA) is 27.7 Å². The molecule has 1 aliphatic heterocycles. The lowest BCUT2D eigenvalue weighted by Gasteiger charge is -2.38. The van der Waals surface area contributed by atoms with Crippen LogP contribution in [0.2, 0.25) is 0 Å². The minimum Gasteiger partial charge on any atom is -0.462 e. The Morgan fingerprint density at radius 1 is 1.44 bits per heavy atom. The molecule has 1 aromatic carbocycles. The Kier molecular flexibility index (Phi) is 3.24. The van der Waals surface area contributed by atoms with Crippen LogP contribution in [0.15, 0.2) is 22.7 Å². The molecule has 0 aliphatic carbocycles. The smallest absolute Gasteiger partial charge is 0.210 e. The van der Waals surface area contributed by atoms with Gasteiger partial charge in [0.05, 0.1) is 6.10 Å². The zero-order valence-corrected chi connectivity index (χ0v) is 11.2. The number of hydrogen-bond acceptors (Lipinski definition) is 3. The average Bonchev–Trinajstić information content (AvgIpc) is 2.29. The Morgan fingerprint density at radius 2 is 2.19 bits per heavy atom. The van der Waals surface area contributed by atoms with Gasteiger partial charge >= 0.3 is 0 Å². The second-order valence-corrected chi connectivity index (χ2v) is 4.97. The van der Waals surface area contributed by atoms with Crippen molar-refractivity contribution < 1.29 is 14.2 Å². The Hall–Kier alpha value is -0.580. The second kappa shape index (κ2) is 4.35. The van der Waals surface area contributed by atoms with Gasteiger partial charge in [-0.3, -0.25) is 0 Å². The van der Waals surface area contributed by atoms with E-state index >= 15 is 0 Å². The molecule has 1 aliphatic rings. The summed E-state index contributed by atoms with van der Waals surface area (Å²) in [5.74, 6) is 0.215. The number of hydrogen-bond donors (Lipinski definition) is 0. The third-order valence-corrected chi connectivity index (χ3v) is 3.41. The van der Waals surface area contributed by atoms with Crippen LogP contribution < -0.4 is 4.74 Å². The SMILES string of the molecule is CO[C@H]1C[C@](C)(OC)Oc2ccc(Br)cc21. The van der Waals surface area contributed by atoms with E-state index in [2.05, 4.69) is 15.9 Å². The van der Waals surface area contributed by atoms with Crippen molar-refractivity contribution in [3.05, 3.63) is 28.2 Å². The van der Waals surface area contributed by atoms with Gasteiger partial charge in [0, 0.05) is 37.6 Å². The Balaban J connectivity index is 2.42. The van der Waals surface area contributed by atoms with Gasteiger partial charge in [-0.2, -0.15) is 0 Å². The third kappa shape index (κ3) is 2.10. The van der Waals surface area contributed by atoms with Crippen LogP contribution in [0.3, 0.4) is 0 Å². The Labute approximate surface area is 104 Å². The molecule has 0 spiro atoms. The van der Waals surface area contributed by atoms with Gasteiger partial charge in [0.15, 0.2) is 0 Å². The molecule has 0 fully saturated rings. The molecule has 0 radical (unpaired) electrons. The summed E-state index contributed by atoms with van der Waals surface area (Å²) >= 11 is 3.45. The molecule has 2 rings (SSSR count). The number of benzene rings is 1. The first kappa shape index (κ1) is 11.9. The molecule has 4 heteroatoms. The highest BCUT2D eigenvalue weighted by molar-refractivity contribution is 9.10. The van der Waals surface area contributed by atoms with Gasteiger partial charge in [0.25, 0.3) is 0 Å². The van der Waals surface area contributed by atoms with Crippen LogP contribution in [0.5, 0.6) is 5.75 Å². The summed E-state index contributed by atoms with van der Waals surface area (Å²) < 4.78 is 17.7. The predicted molar refractivity (Wildman–Crippen MR) is 64.6 cm³/mol. The van der Waals surface area contributed by atoms with Crippen LogP contribution in [-0.4, -0.2) is 20.0 Å². The van der Waals surface area contributed by atoms with Crippen LogP contribution in [0.1, 0.15) is 25.0 Å². The molecule has 0 unspecified atom stereocenters. The molecule has 0 saturated heterocycles. The summed E-state index contributed by atoms with van der Waals surface area (Å²) in [7, 11) is 3.35. The van der Waals surface area contributed by atoms with Crippen LogP contribution >= 0.6 is 15.9 Å². The molecule has 0 amide bonds. The summed E-state index contributed by atoms with van der Waals surface area (Å²) in [6, 6.07) is 5.91. The highest BCUT2D eigenvalue weighted by Crippen LogP contribution is 2.42. The highest BCUT2D eigenvalue weighted by atomic mass is 79.9. The van der Waals surface area contributed by atoms with E-state index < -0.39 is 5.79 Å². The van der Waals surface area contributed by atoms with Crippen LogP contribution in [0.4, 0.5) is 0 Å². The predicted octanol–water partition coefficient (Wildman–Crippen LogP) is 3.28. The van der Waals surface area contributed by atoms with E-state index in [-0.39, 0.29) is 6.10 Å². The molecule has 16 heavy (non-hydrogen) atoms. The molecule has 2 atom stereocenters. The van der Waals surface area contributed by atoms with Gasteiger partial charge < -0.3 is 14.2 Å². The van der Waals surface area contributed by atoms with Gasteiger partial charge in [-0.15, -0.1) is 0 Å². The van der Waals surface area contributed by atoms with Crippen molar-refractivity contribution in [2.24, 2.45) is 0 Å². The number of fused-ring (bicyclic) bond motifs is 1. The van der Waals surface area contributed by atoms with Crippen LogP contribution in [0, 0.1) is 0 Å². The van der Waals surface area contributed by atoms with Crippen molar-refractivity contribution in [3.8, 4) is 5.75 Å². The zero-order chi connectivity index (χ0) is 11.8. The molecule has 1 aromatic rings. The summed E-state index contributed by atoms with van der Waals surface area (Å²) in [6.07, 6.45) is 0.690. The third-order valence-electron chi connectivity index (χ3n) is 2.92. The summed E-state index contributed by atoms with van der Waals surface area (Å²) in [5.41, 5.74) is 1.06. The molecule has 0 bridgehead atoms. The zero-order valence-electron chi connectivity index (χ0n) is 9.62. The van der Waals surface area contributed by atoms with E-state index in [0.29, 0.717) is 6.42 Å². The first-order valence-electron chi connectivity index (χ1n) is 5.14. The lowest BCUT2D eigenvalue weighted by molar-refractivity contribution is -0.184. The number of rotatable bonds is 2. The van der Waals surface area contributed by atoms with E-state index in [1.807, 2.05) is 25.1 Å². The van der Waals surface area contributed by atoms with E-state index in [9.17, 15) is 0 Å². The molecule has 88 valence electrons. The second-order valence-electron chi connectivity index (χ2n) is 4.05. The van der Waals surface area contributed by atoms with Crippen molar-refractivity contribution in [1.29, 1.82) is 0 Å². The summed E-state index contributed by atoms with van der Waals surface area (Å²) in [4.78, 5) is 0. The normalized spacial score (nSPS) is 28.4. The average molecular weight is 287 g/mol. The molecule has 3 nitrogen and oxygen atoms in total. The van der Waals surface area contributed by atoms with Crippen molar-refractivity contribution in [3.63, 3.8) is 0 Å². The standard InChI is InChI=1S/C12H15BrO3/c1-12(15-3)7-11(14-2)9-6-8(13)4-5-10(9)16-12/h4-6,11H,7H2,1-3H3/t11-,12+/m0/s1. The van der Waals surface area contributed by atoms with Gasteiger partial charge in [-0.05, 0) is 18.2 Å². The van der Waals surface area contributed by atoms with Crippen molar-refractivity contribution >= 4 is 15.9 Å². The first-order valence-corrected chi connectivity index (χ1v) is 5.94. The molecular formula is C12H15BrO3. The van der Waals surface area contributed by atoms with E-state index in [1.54, 1.807) is 14.2 Å². The highest BCUT2D eigenvalue weighted by Gasteiger charge is 2.37.